The Bertz CT molecular complexity index is 572. The quantitative estimate of drug-likeness (QED) is 0.771. The molecule has 21 heavy (non-hydrogen) atoms. The van der Waals surface area contributed by atoms with E-state index in [1.165, 1.54) is 10.9 Å². The summed E-state index contributed by atoms with van der Waals surface area (Å²) < 4.78 is 6.01. The van der Waals surface area contributed by atoms with Crippen LogP contribution >= 0.6 is 0 Å². The lowest BCUT2D eigenvalue weighted by atomic mass is 10.0. The van der Waals surface area contributed by atoms with Crippen LogP contribution in [0.15, 0.2) is 28.7 Å². The van der Waals surface area contributed by atoms with E-state index in [0.29, 0.717) is 6.54 Å². The standard InChI is InChI=1S/C18H27NO2/c1-4-6-10-17-15(12-19-13-18(3,20)5-2)14-9-7-8-11-16(14)21-17/h7-9,11,19-20H,4-6,10,12-13H2,1-3H3. The monoisotopic (exact) mass is 289 g/mol. The molecule has 1 aromatic heterocycles. The zero-order valence-corrected chi connectivity index (χ0v) is 13.4. The normalized spacial score (nSPS) is 14.5. The Labute approximate surface area is 127 Å². The van der Waals surface area contributed by atoms with Crippen LogP contribution in [-0.2, 0) is 13.0 Å². The van der Waals surface area contributed by atoms with Crippen molar-refractivity contribution < 1.29 is 9.52 Å². The van der Waals surface area contributed by atoms with Gasteiger partial charge in [0, 0.05) is 30.5 Å². The van der Waals surface area contributed by atoms with Crippen molar-refractivity contribution in [2.45, 2.75) is 58.6 Å². The number of hydrogen-bond donors (Lipinski definition) is 2. The molecule has 0 aliphatic heterocycles. The molecule has 0 saturated carbocycles. The smallest absolute Gasteiger partial charge is 0.134 e. The van der Waals surface area contributed by atoms with Gasteiger partial charge in [0.25, 0.3) is 0 Å². The molecule has 3 nitrogen and oxygen atoms in total. The van der Waals surface area contributed by atoms with Gasteiger partial charge in [-0.2, -0.15) is 0 Å². The van der Waals surface area contributed by atoms with E-state index >= 15 is 0 Å². The highest BCUT2D eigenvalue weighted by molar-refractivity contribution is 5.82. The summed E-state index contributed by atoms with van der Waals surface area (Å²) >= 11 is 0. The van der Waals surface area contributed by atoms with Gasteiger partial charge in [0.15, 0.2) is 0 Å². The number of benzene rings is 1. The SMILES string of the molecule is CCCCc1oc2ccccc2c1CNCC(C)(O)CC. The molecule has 2 rings (SSSR count). The van der Waals surface area contributed by atoms with Crippen molar-refractivity contribution in [3.63, 3.8) is 0 Å². The average molecular weight is 289 g/mol. The molecule has 0 spiro atoms. The van der Waals surface area contributed by atoms with Gasteiger partial charge in [0.2, 0.25) is 0 Å². The highest BCUT2D eigenvalue weighted by Gasteiger charge is 2.18. The lowest BCUT2D eigenvalue weighted by molar-refractivity contribution is 0.0555. The first-order valence-electron chi connectivity index (χ1n) is 7.99. The van der Waals surface area contributed by atoms with E-state index in [2.05, 4.69) is 18.3 Å². The first-order chi connectivity index (χ1) is 10.1. The van der Waals surface area contributed by atoms with Crippen LogP contribution in [0.3, 0.4) is 0 Å². The minimum absolute atomic E-state index is 0.593. The van der Waals surface area contributed by atoms with E-state index in [4.69, 9.17) is 4.42 Å². The Morgan fingerprint density at radius 2 is 2.00 bits per heavy atom. The number of fused-ring (bicyclic) bond motifs is 1. The van der Waals surface area contributed by atoms with Crippen LogP contribution in [0.4, 0.5) is 0 Å². The molecule has 116 valence electrons. The Balaban J connectivity index is 2.15. The number of para-hydroxylation sites is 1. The van der Waals surface area contributed by atoms with Crippen molar-refractivity contribution in [2.24, 2.45) is 0 Å². The Kier molecular flexibility index (Phi) is 5.43. The number of rotatable bonds is 8. The number of nitrogens with one attached hydrogen (secondary N) is 1. The second-order valence-corrected chi connectivity index (χ2v) is 6.06. The summed E-state index contributed by atoms with van der Waals surface area (Å²) in [5, 5.41) is 14.7. The molecule has 1 unspecified atom stereocenters. The molecule has 0 amide bonds. The predicted molar refractivity (Wildman–Crippen MR) is 87.4 cm³/mol. The maximum atomic E-state index is 10.1. The molecule has 0 aliphatic carbocycles. The summed E-state index contributed by atoms with van der Waals surface area (Å²) in [6.07, 6.45) is 4.02. The summed E-state index contributed by atoms with van der Waals surface area (Å²) in [5.74, 6) is 1.08. The van der Waals surface area contributed by atoms with E-state index < -0.39 is 5.60 Å². The summed E-state index contributed by atoms with van der Waals surface area (Å²) in [4.78, 5) is 0. The van der Waals surface area contributed by atoms with E-state index in [0.717, 1.165) is 43.6 Å². The molecule has 2 aromatic rings. The van der Waals surface area contributed by atoms with Gasteiger partial charge in [0.05, 0.1) is 5.60 Å². The van der Waals surface area contributed by atoms with Crippen LogP contribution in [0.2, 0.25) is 0 Å². The molecule has 0 aliphatic rings. The number of unbranched alkanes of at least 4 members (excludes halogenated alkanes) is 1. The maximum Gasteiger partial charge on any atom is 0.134 e. The van der Waals surface area contributed by atoms with Crippen LogP contribution in [0.25, 0.3) is 11.0 Å². The van der Waals surface area contributed by atoms with Gasteiger partial charge in [-0.3, -0.25) is 0 Å². The van der Waals surface area contributed by atoms with Crippen LogP contribution in [0.1, 0.15) is 51.4 Å². The van der Waals surface area contributed by atoms with Gasteiger partial charge in [-0.15, -0.1) is 0 Å². The predicted octanol–water partition coefficient (Wildman–Crippen LogP) is 4.03. The third-order valence-corrected chi connectivity index (χ3v) is 4.11. The molecule has 2 N–H and O–H groups in total. The van der Waals surface area contributed by atoms with Crippen LogP contribution in [0, 0.1) is 0 Å². The Morgan fingerprint density at radius 1 is 1.24 bits per heavy atom. The molecule has 0 radical (unpaired) electrons. The Hall–Kier alpha value is -1.32. The third kappa shape index (κ3) is 4.08. The van der Waals surface area contributed by atoms with Crippen LogP contribution in [0.5, 0.6) is 0 Å². The molecular weight excluding hydrogens is 262 g/mol. The third-order valence-electron chi connectivity index (χ3n) is 4.11. The van der Waals surface area contributed by atoms with E-state index in [1.807, 2.05) is 32.0 Å². The molecule has 1 aromatic carbocycles. The number of aryl methyl sites for hydroxylation is 1. The maximum absolute atomic E-state index is 10.1. The van der Waals surface area contributed by atoms with Crippen LogP contribution < -0.4 is 5.32 Å². The number of hydrogen-bond acceptors (Lipinski definition) is 3. The average Bonchev–Trinajstić information content (AvgIpc) is 2.83. The summed E-state index contributed by atoms with van der Waals surface area (Å²) in [7, 11) is 0. The molecule has 3 heteroatoms. The van der Waals surface area contributed by atoms with Crippen molar-refractivity contribution in [1.29, 1.82) is 0 Å². The largest absolute Gasteiger partial charge is 0.461 e. The van der Waals surface area contributed by atoms with E-state index in [9.17, 15) is 5.11 Å². The summed E-state index contributed by atoms with van der Waals surface area (Å²) in [5.41, 5.74) is 1.55. The van der Waals surface area contributed by atoms with Crippen molar-refractivity contribution in [1.82, 2.24) is 5.32 Å². The number of aliphatic hydroxyl groups is 1. The lowest BCUT2D eigenvalue weighted by Crippen LogP contribution is -2.36. The van der Waals surface area contributed by atoms with Crippen LogP contribution in [-0.4, -0.2) is 17.3 Å². The van der Waals surface area contributed by atoms with E-state index in [-0.39, 0.29) is 0 Å². The molecule has 1 heterocycles. The minimum Gasteiger partial charge on any atom is -0.461 e. The second kappa shape index (κ2) is 7.10. The summed E-state index contributed by atoms with van der Waals surface area (Å²) in [6.45, 7) is 7.40. The summed E-state index contributed by atoms with van der Waals surface area (Å²) in [6, 6.07) is 8.20. The highest BCUT2D eigenvalue weighted by atomic mass is 16.3. The molecule has 0 bridgehead atoms. The Morgan fingerprint density at radius 3 is 2.71 bits per heavy atom. The zero-order chi connectivity index (χ0) is 15.3. The second-order valence-electron chi connectivity index (χ2n) is 6.06. The topological polar surface area (TPSA) is 45.4 Å². The first kappa shape index (κ1) is 16.1. The van der Waals surface area contributed by atoms with E-state index in [1.54, 1.807) is 0 Å². The van der Waals surface area contributed by atoms with Gasteiger partial charge in [-0.1, -0.05) is 38.5 Å². The van der Waals surface area contributed by atoms with Gasteiger partial charge in [-0.25, -0.2) is 0 Å². The fourth-order valence-corrected chi connectivity index (χ4v) is 2.46. The van der Waals surface area contributed by atoms with Crippen molar-refractivity contribution >= 4 is 11.0 Å². The molecule has 0 fully saturated rings. The fourth-order valence-electron chi connectivity index (χ4n) is 2.46. The van der Waals surface area contributed by atoms with Crippen molar-refractivity contribution in [2.75, 3.05) is 6.54 Å². The highest BCUT2D eigenvalue weighted by Crippen LogP contribution is 2.27. The van der Waals surface area contributed by atoms with Crippen molar-refractivity contribution in [3.8, 4) is 0 Å². The van der Waals surface area contributed by atoms with Gasteiger partial charge in [-0.05, 0) is 25.8 Å². The molecule has 1 atom stereocenters. The molecule has 0 saturated heterocycles. The lowest BCUT2D eigenvalue weighted by Gasteiger charge is -2.21. The van der Waals surface area contributed by atoms with Crippen molar-refractivity contribution in [3.05, 3.63) is 35.6 Å². The molecular formula is C18H27NO2. The van der Waals surface area contributed by atoms with Gasteiger partial charge in [0.1, 0.15) is 11.3 Å². The number of furan rings is 1. The zero-order valence-electron chi connectivity index (χ0n) is 13.4. The minimum atomic E-state index is -0.650. The van der Waals surface area contributed by atoms with Gasteiger partial charge >= 0.3 is 0 Å². The fraction of sp³-hybridized carbons (Fsp3) is 0.556. The van der Waals surface area contributed by atoms with Gasteiger partial charge < -0.3 is 14.8 Å². The first-order valence-corrected chi connectivity index (χ1v) is 7.99.